The molecule has 1 amide bonds. The minimum atomic E-state index is -1.04. The SMILES string of the molecule is NC(=O)[C@@H](O)CBr. The van der Waals surface area contributed by atoms with E-state index in [4.69, 9.17) is 5.11 Å². The molecule has 0 unspecified atom stereocenters. The quantitative estimate of drug-likeness (QED) is 0.531. The molecule has 4 heteroatoms. The lowest BCUT2D eigenvalue weighted by Crippen LogP contribution is -2.29. The highest BCUT2D eigenvalue weighted by molar-refractivity contribution is 9.09. The topological polar surface area (TPSA) is 63.3 Å². The molecule has 0 aliphatic heterocycles. The molecule has 0 spiro atoms. The summed E-state index contributed by atoms with van der Waals surface area (Å²) in [5, 5.41) is 8.62. The van der Waals surface area contributed by atoms with E-state index in [-0.39, 0.29) is 5.33 Å². The number of nitrogens with two attached hydrogens (primary N) is 1. The van der Waals surface area contributed by atoms with Gasteiger partial charge in [0.2, 0.25) is 5.91 Å². The number of primary amides is 1. The van der Waals surface area contributed by atoms with E-state index in [1.807, 2.05) is 0 Å². The predicted octanol–water partition coefficient (Wildman–Crippen LogP) is -0.773. The number of carbonyl (C=O) groups excluding carboxylic acids is 1. The maximum absolute atomic E-state index is 9.87. The van der Waals surface area contributed by atoms with E-state index in [1.165, 1.54) is 0 Å². The van der Waals surface area contributed by atoms with Crippen LogP contribution in [0.3, 0.4) is 0 Å². The van der Waals surface area contributed by atoms with Crippen LogP contribution in [0.15, 0.2) is 0 Å². The molecular weight excluding hydrogens is 162 g/mol. The summed E-state index contributed by atoms with van der Waals surface area (Å²) in [4.78, 5) is 9.87. The standard InChI is InChI=1S/C3H6BrNO2/c4-1-2(6)3(5)7/h2,6H,1H2,(H2,5,7)/t2-/m0/s1. The van der Waals surface area contributed by atoms with E-state index < -0.39 is 12.0 Å². The number of rotatable bonds is 2. The molecule has 0 aromatic carbocycles. The normalized spacial score (nSPS) is 13.4. The molecule has 42 valence electrons. The predicted molar refractivity (Wildman–Crippen MR) is 29.0 cm³/mol. The molecule has 0 fully saturated rings. The molecule has 0 aliphatic rings. The number of halogens is 1. The van der Waals surface area contributed by atoms with Crippen LogP contribution in [0.25, 0.3) is 0 Å². The molecule has 0 aromatic heterocycles. The van der Waals surface area contributed by atoms with Gasteiger partial charge in [-0.05, 0) is 0 Å². The minimum absolute atomic E-state index is 0.211. The number of alkyl halides is 1. The van der Waals surface area contributed by atoms with Crippen LogP contribution in [0.5, 0.6) is 0 Å². The first-order valence-electron chi connectivity index (χ1n) is 1.72. The van der Waals surface area contributed by atoms with E-state index >= 15 is 0 Å². The van der Waals surface area contributed by atoms with Gasteiger partial charge in [0.15, 0.2) is 0 Å². The van der Waals surface area contributed by atoms with Gasteiger partial charge in [-0.2, -0.15) is 0 Å². The van der Waals surface area contributed by atoms with Gasteiger partial charge in [0.1, 0.15) is 6.10 Å². The maximum atomic E-state index is 9.87. The molecule has 1 atom stereocenters. The van der Waals surface area contributed by atoms with Crippen LogP contribution in [0.2, 0.25) is 0 Å². The molecule has 3 N–H and O–H groups in total. The van der Waals surface area contributed by atoms with Crippen molar-refractivity contribution in [2.75, 3.05) is 5.33 Å². The number of hydrogen-bond donors (Lipinski definition) is 2. The van der Waals surface area contributed by atoms with Crippen molar-refractivity contribution >= 4 is 21.8 Å². The summed E-state index contributed by atoms with van der Waals surface area (Å²) in [6.07, 6.45) is -1.04. The van der Waals surface area contributed by atoms with Crippen LogP contribution in [0.1, 0.15) is 0 Å². The number of aliphatic hydroxyl groups excluding tert-OH is 1. The Morgan fingerprint density at radius 1 is 2.00 bits per heavy atom. The second kappa shape index (κ2) is 2.98. The van der Waals surface area contributed by atoms with E-state index in [1.54, 1.807) is 0 Å². The van der Waals surface area contributed by atoms with Crippen LogP contribution in [0, 0.1) is 0 Å². The first-order valence-corrected chi connectivity index (χ1v) is 2.84. The van der Waals surface area contributed by atoms with E-state index in [2.05, 4.69) is 21.7 Å². The van der Waals surface area contributed by atoms with Gasteiger partial charge in [-0.25, -0.2) is 0 Å². The van der Waals surface area contributed by atoms with Crippen molar-refractivity contribution in [1.82, 2.24) is 0 Å². The first kappa shape index (κ1) is 6.91. The van der Waals surface area contributed by atoms with Gasteiger partial charge in [-0.1, -0.05) is 15.9 Å². The number of carbonyl (C=O) groups is 1. The van der Waals surface area contributed by atoms with Gasteiger partial charge in [0, 0.05) is 5.33 Å². The van der Waals surface area contributed by atoms with Crippen LogP contribution in [-0.2, 0) is 4.79 Å². The molecule has 0 rings (SSSR count). The molecule has 3 nitrogen and oxygen atoms in total. The average molecular weight is 168 g/mol. The van der Waals surface area contributed by atoms with Crippen molar-refractivity contribution in [3.8, 4) is 0 Å². The van der Waals surface area contributed by atoms with Crippen molar-refractivity contribution in [2.45, 2.75) is 6.10 Å². The zero-order chi connectivity index (χ0) is 5.86. The highest BCUT2D eigenvalue weighted by atomic mass is 79.9. The Labute approximate surface area is 49.6 Å². The third-order valence-corrected chi connectivity index (χ3v) is 1.09. The Morgan fingerprint density at radius 2 is 2.43 bits per heavy atom. The summed E-state index contributed by atoms with van der Waals surface area (Å²) in [5.41, 5.74) is 4.63. The molecule has 0 heterocycles. The van der Waals surface area contributed by atoms with Gasteiger partial charge in [0.25, 0.3) is 0 Å². The molecule has 0 aliphatic carbocycles. The first-order chi connectivity index (χ1) is 3.18. The van der Waals surface area contributed by atoms with Crippen molar-refractivity contribution in [3.05, 3.63) is 0 Å². The van der Waals surface area contributed by atoms with Crippen molar-refractivity contribution in [1.29, 1.82) is 0 Å². The average Bonchev–Trinajstić information content (AvgIpc) is 1.65. The van der Waals surface area contributed by atoms with Crippen molar-refractivity contribution < 1.29 is 9.90 Å². The highest BCUT2D eigenvalue weighted by Crippen LogP contribution is 1.86. The maximum Gasteiger partial charge on any atom is 0.247 e. The molecular formula is C3H6BrNO2. The Bertz CT molecular complexity index is 75.3. The van der Waals surface area contributed by atoms with Crippen LogP contribution < -0.4 is 5.73 Å². The van der Waals surface area contributed by atoms with E-state index in [0.29, 0.717) is 0 Å². The lowest BCUT2D eigenvalue weighted by Gasteiger charge is -1.96. The van der Waals surface area contributed by atoms with Crippen molar-refractivity contribution in [3.63, 3.8) is 0 Å². The molecule has 7 heavy (non-hydrogen) atoms. The number of hydrogen-bond acceptors (Lipinski definition) is 2. The molecule has 0 bridgehead atoms. The summed E-state index contributed by atoms with van der Waals surface area (Å²) in [7, 11) is 0. The van der Waals surface area contributed by atoms with Crippen LogP contribution >= 0.6 is 15.9 Å². The molecule has 0 radical (unpaired) electrons. The fourth-order valence-corrected chi connectivity index (χ4v) is 0.395. The lowest BCUT2D eigenvalue weighted by molar-refractivity contribution is -0.124. The molecule has 0 saturated heterocycles. The second-order valence-electron chi connectivity index (χ2n) is 1.07. The summed E-state index contributed by atoms with van der Waals surface area (Å²) in [6, 6.07) is 0. The van der Waals surface area contributed by atoms with Gasteiger partial charge >= 0.3 is 0 Å². The van der Waals surface area contributed by atoms with Gasteiger partial charge in [0.05, 0.1) is 0 Å². The Kier molecular flexibility index (Phi) is 2.95. The molecule has 0 aromatic rings. The summed E-state index contributed by atoms with van der Waals surface area (Å²) in [6.45, 7) is 0. The third kappa shape index (κ3) is 2.59. The smallest absolute Gasteiger partial charge is 0.247 e. The number of amides is 1. The summed E-state index contributed by atoms with van der Waals surface area (Å²) >= 11 is 2.86. The van der Waals surface area contributed by atoms with Gasteiger partial charge in [-0.3, -0.25) is 4.79 Å². The lowest BCUT2D eigenvalue weighted by atomic mass is 10.4. The zero-order valence-corrected chi connectivity index (χ0v) is 5.18. The van der Waals surface area contributed by atoms with Crippen LogP contribution in [0.4, 0.5) is 0 Å². The second-order valence-corrected chi connectivity index (χ2v) is 1.72. The van der Waals surface area contributed by atoms with Gasteiger partial charge < -0.3 is 10.8 Å². The Hall–Kier alpha value is -0.0900. The summed E-state index contributed by atoms with van der Waals surface area (Å²) in [5.74, 6) is -0.697. The fraction of sp³-hybridized carbons (Fsp3) is 0.667. The van der Waals surface area contributed by atoms with E-state index in [9.17, 15) is 4.79 Å². The highest BCUT2D eigenvalue weighted by Gasteiger charge is 2.05. The van der Waals surface area contributed by atoms with Crippen molar-refractivity contribution in [2.24, 2.45) is 5.73 Å². The number of aliphatic hydroxyl groups is 1. The monoisotopic (exact) mass is 167 g/mol. The molecule has 0 saturated carbocycles. The Balaban J connectivity index is 3.34. The van der Waals surface area contributed by atoms with Crippen LogP contribution in [-0.4, -0.2) is 22.4 Å². The van der Waals surface area contributed by atoms with E-state index in [0.717, 1.165) is 0 Å². The Morgan fingerprint density at radius 3 is 2.43 bits per heavy atom. The minimum Gasteiger partial charge on any atom is -0.382 e. The summed E-state index contributed by atoms with van der Waals surface area (Å²) < 4.78 is 0. The third-order valence-electron chi connectivity index (χ3n) is 0.475. The van der Waals surface area contributed by atoms with Gasteiger partial charge in [-0.15, -0.1) is 0 Å². The zero-order valence-electron chi connectivity index (χ0n) is 3.60. The fourth-order valence-electron chi connectivity index (χ4n) is 0.0760. The largest absolute Gasteiger partial charge is 0.382 e.